The summed E-state index contributed by atoms with van der Waals surface area (Å²) < 4.78 is 7.54. The number of hydrogen-bond acceptors (Lipinski definition) is 4. The van der Waals surface area contributed by atoms with Crippen molar-refractivity contribution in [2.24, 2.45) is 0 Å². The van der Waals surface area contributed by atoms with E-state index < -0.39 is 11.8 Å². The number of anilines is 1. The molecule has 1 aliphatic heterocycles. The van der Waals surface area contributed by atoms with Crippen LogP contribution in [0.15, 0.2) is 64.6 Å². The number of benzene rings is 3. The first-order chi connectivity index (χ1) is 16.7. The van der Waals surface area contributed by atoms with Crippen LogP contribution in [0.2, 0.25) is 10.0 Å². The molecule has 0 atom stereocenters. The molecule has 2 amide bonds. The van der Waals surface area contributed by atoms with Gasteiger partial charge in [0.1, 0.15) is 17.9 Å². The molecule has 3 aromatic rings. The van der Waals surface area contributed by atoms with E-state index in [1.54, 1.807) is 24.3 Å². The lowest BCUT2D eigenvalue weighted by atomic mass is 10.1. The fourth-order valence-electron chi connectivity index (χ4n) is 3.47. The molecule has 0 spiro atoms. The number of carbonyl (C=O) groups excluding carboxylic acids is 2. The van der Waals surface area contributed by atoms with E-state index >= 15 is 0 Å². The quantitative estimate of drug-likeness (QED) is 0.134. The molecule has 1 saturated heterocycles. The standard InChI is InChI=1S/C25H16BrCl2IN2O3S/c1-13-4-2-5-14(8-13)12-34-22-17(26)10-15(11-19(22)29)9-16-23(32)30-25(35)31(24(16)33)20-7-3-6-18(27)21(20)28/h2-11H,12H2,1H3,(H,30,32,35)/b16-9+. The van der Waals surface area contributed by atoms with Crippen molar-refractivity contribution in [1.82, 2.24) is 5.32 Å². The third-order valence-corrected chi connectivity index (χ3v) is 7.55. The van der Waals surface area contributed by atoms with Crippen molar-refractivity contribution < 1.29 is 14.3 Å². The van der Waals surface area contributed by atoms with E-state index in [1.165, 1.54) is 6.08 Å². The molecule has 0 unspecified atom stereocenters. The molecule has 1 aliphatic rings. The van der Waals surface area contributed by atoms with Crippen LogP contribution in [0.25, 0.3) is 6.08 Å². The zero-order chi connectivity index (χ0) is 25.3. The van der Waals surface area contributed by atoms with Gasteiger partial charge in [-0.25, -0.2) is 0 Å². The van der Waals surface area contributed by atoms with E-state index in [4.69, 9.17) is 40.2 Å². The fraction of sp³-hybridized carbons (Fsp3) is 0.0800. The predicted molar refractivity (Wildman–Crippen MR) is 155 cm³/mol. The third kappa shape index (κ3) is 5.72. The molecule has 4 rings (SSSR count). The summed E-state index contributed by atoms with van der Waals surface area (Å²) in [5.74, 6) is -0.531. The minimum Gasteiger partial charge on any atom is -0.487 e. The van der Waals surface area contributed by atoms with Gasteiger partial charge in [-0.15, -0.1) is 0 Å². The first-order valence-corrected chi connectivity index (χ1v) is 13.2. The average molecular weight is 702 g/mol. The first kappa shape index (κ1) is 26.1. The summed E-state index contributed by atoms with van der Waals surface area (Å²) in [6.45, 7) is 2.44. The summed E-state index contributed by atoms with van der Waals surface area (Å²) in [4.78, 5) is 27.1. The van der Waals surface area contributed by atoms with E-state index in [9.17, 15) is 9.59 Å². The molecule has 0 aromatic heterocycles. The summed E-state index contributed by atoms with van der Waals surface area (Å²) in [6.07, 6.45) is 1.50. The number of ether oxygens (including phenoxy) is 1. The molecule has 1 N–H and O–H groups in total. The van der Waals surface area contributed by atoms with Crippen LogP contribution in [0, 0.1) is 10.5 Å². The number of thiocarbonyl (C=S) groups is 1. The Morgan fingerprint density at radius 1 is 1.14 bits per heavy atom. The second kappa shape index (κ2) is 11.0. The van der Waals surface area contributed by atoms with Crippen molar-refractivity contribution in [2.75, 3.05) is 4.90 Å². The van der Waals surface area contributed by atoms with Crippen molar-refractivity contribution in [3.8, 4) is 5.75 Å². The van der Waals surface area contributed by atoms with Crippen LogP contribution in [0.3, 0.4) is 0 Å². The fourth-order valence-corrected chi connectivity index (χ4v) is 5.89. The van der Waals surface area contributed by atoms with Crippen molar-refractivity contribution in [2.45, 2.75) is 13.5 Å². The number of rotatable bonds is 5. The van der Waals surface area contributed by atoms with Crippen LogP contribution in [-0.2, 0) is 16.2 Å². The van der Waals surface area contributed by atoms with E-state index in [2.05, 4.69) is 49.9 Å². The molecule has 178 valence electrons. The summed E-state index contributed by atoms with van der Waals surface area (Å²) in [7, 11) is 0. The zero-order valence-corrected chi connectivity index (χ0v) is 24.1. The third-order valence-electron chi connectivity index (χ3n) is 5.07. The van der Waals surface area contributed by atoms with Crippen LogP contribution in [0.4, 0.5) is 5.69 Å². The molecule has 1 fully saturated rings. The molecule has 1 heterocycles. The number of nitrogens with zero attached hydrogens (tertiary/aromatic N) is 1. The Bertz CT molecular complexity index is 1390. The van der Waals surface area contributed by atoms with Gasteiger partial charge in [-0.05, 0) is 99.1 Å². The second-order valence-electron chi connectivity index (χ2n) is 7.62. The Hall–Kier alpha value is -1.98. The van der Waals surface area contributed by atoms with Gasteiger partial charge in [-0.2, -0.15) is 0 Å². The lowest BCUT2D eigenvalue weighted by Gasteiger charge is -2.29. The van der Waals surface area contributed by atoms with Crippen molar-refractivity contribution in [1.29, 1.82) is 0 Å². The molecule has 0 bridgehead atoms. The van der Waals surface area contributed by atoms with Gasteiger partial charge >= 0.3 is 0 Å². The van der Waals surface area contributed by atoms with Gasteiger partial charge in [-0.1, -0.05) is 59.1 Å². The Kier molecular flexibility index (Phi) is 8.17. The highest BCUT2D eigenvalue weighted by Gasteiger charge is 2.35. The summed E-state index contributed by atoms with van der Waals surface area (Å²) in [5.41, 5.74) is 3.04. The summed E-state index contributed by atoms with van der Waals surface area (Å²) >= 11 is 23.4. The molecular weight excluding hydrogens is 686 g/mol. The van der Waals surface area contributed by atoms with Crippen molar-refractivity contribution in [3.63, 3.8) is 0 Å². The lowest BCUT2D eigenvalue weighted by Crippen LogP contribution is -2.54. The predicted octanol–water partition coefficient (Wildman–Crippen LogP) is 7.08. The molecular formula is C25H16BrCl2IN2O3S. The topological polar surface area (TPSA) is 58.6 Å². The number of amides is 2. The van der Waals surface area contributed by atoms with E-state index in [-0.39, 0.29) is 26.4 Å². The average Bonchev–Trinajstić information content (AvgIpc) is 2.79. The lowest BCUT2D eigenvalue weighted by molar-refractivity contribution is -0.122. The molecule has 0 saturated carbocycles. The summed E-state index contributed by atoms with van der Waals surface area (Å²) in [5, 5.41) is 2.90. The number of aryl methyl sites for hydroxylation is 1. The molecule has 35 heavy (non-hydrogen) atoms. The molecule has 3 aromatic carbocycles. The zero-order valence-electron chi connectivity index (χ0n) is 18.1. The number of nitrogens with one attached hydrogen (secondary N) is 1. The normalized spacial score (nSPS) is 14.9. The van der Waals surface area contributed by atoms with Crippen molar-refractivity contribution in [3.05, 3.63) is 94.9 Å². The number of halogens is 4. The minimum atomic E-state index is -0.603. The monoisotopic (exact) mass is 700 g/mol. The molecule has 0 radical (unpaired) electrons. The summed E-state index contributed by atoms with van der Waals surface area (Å²) in [6, 6.07) is 16.5. The maximum Gasteiger partial charge on any atom is 0.270 e. The van der Waals surface area contributed by atoms with Gasteiger partial charge in [0.25, 0.3) is 11.8 Å². The van der Waals surface area contributed by atoms with Crippen LogP contribution in [-0.4, -0.2) is 16.9 Å². The van der Waals surface area contributed by atoms with E-state index in [1.807, 2.05) is 31.2 Å². The van der Waals surface area contributed by atoms with Gasteiger partial charge in [-0.3, -0.25) is 19.8 Å². The van der Waals surface area contributed by atoms with Gasteiger partial charge in [0.05, 0.1) is 23.8 Å². The number of hydrogen-bond donors (Lipinski definition) is 1. The molecule has 10 heteroatoms. The van der Waals surface area contributed by atoms with Crippen LogP contribution < -0.4 is 15.0 Å². The van der Waals surface area contributed by atoms with Gasteiger partial charge in [0.2, 0.25) is 0 Å². The Labute approximate surface area is 239 Å². The highest BCUT2D eigenvalue weighted by molar-refractivity contribution is 14.1. The Morgan fingerprint density at radius 3 is 2.60 bits per heavy atom. The van der Waals surface area contributed by atoms with Gasteiger partial charge in [0.15, 0.2) is 5.11 Å². The minimum absolute atomic E-state index is 0.0722. The maximum atomic E-state index is 13.3. The van der Waals surface area contributed by atoms with E-state index in [0.717, 1.165) is 19.6 Å². The largest absolute Gasteiger partial charge is 0.487 e. The van der Waals surface area contributed by atoms with Gasteiger partial charge < -0.3 is 4.74 Å². The number of carbonyl (C=O) groups is 2. The SMILES string of the molecule is Cc1cccc(COc2c(Br)cc(/C=C3\C(=O)NC(=S)N(c4cccc(Cl)c4Cl)C3=O)cc2I)c1. The molecule has 0 aliphatic carbocycles. The van der Waals surface area contributed by atoms with E-state index in [0.29, 0.717) is 22.4 Å². The highest BCUT2D eigenvalue weighted by atomic mass is 127. The van der Waals surface area contributed by atoms with Crippen LogP contribution in [0.1, 0.15) is 16.7 Å². The molecule has 5 nitrogen and oxygen atoms in total. The highest BCUT2D eigenvalue weighted by Crippen LogP contribution is 2.36. The van der Waals surface area contributed by atoms with Gasteiger partial charge in [0, 0.05) is 0 Å². The second-order valence-corrected chi connectivity index (χ2v) is 10.8. The van der Waals surface area contributed by atoms with Crippen LogP contribution >= 0.6 is 73.9 Å². The smallest absolute Gasteiger partial charge is 0.270 e. The Balaban J connectivity index is 1.63. The maximum absolute atomic E-state index is 13.3. The van der Waals surface area contributed by atoms with Crippen molar-refractivity contribution >= 4 is 103 Å². The Morgan fingerprint density at radius 2 is 1.89 bits per heavy atom. The van der Waals surface area contributed by atoms with Crippen LogP contribution in [0.5, 0.6) is 5.75 Å². The first-order valence-electron chi connectivity index (χ1n) is 10.2.